The first kappa shape index (κ1) is 28.5. The molecule has 0 radical (unpaired) electrons. The van der Waals surface area contributed by atoms with Gasteiger partial charge in [-0.15, -0.1) is 0 Å². The van der Waals surface area contributed by atoms with Crippen molar-refractivity contribution in [2.75, 3.05) is 0 Å². The fourth-order valence-electron chi connectivity index (χ4n) is 6.50. The standard InChI is InChI=1S/C34H33F4NP2/c35-26-16-18-33(29(37)22-26)41(34-19-17-27(36)23-30(34)38)39(28-14-8-3-9-15-28)40-31(24-10-4-1-5-11-24)20-21-32(40)25-12-6-2-7-13-25/h1-2,4-7,10-13,16-19,22-23,28,31-32H,3,8-9,14-15,20-21H2/t31-,32?,40?/m0/s1. The van der Waals surface area contributed by atoms with E-state index in [9.17, 15) is 8.78 Å². The Morgan fingerprint density at radius 1 is 0.561 bits per heavy atom. The summed E-state index contributed by atoms with van der Waals surface area (Å²) in [7, 11) is -2.77. The molecule has 2 aliphatic rings. The second-order valence-electron chi connectivity index (χ2n) is 10.9. The summed E-state index contributed by atoms with van der Waals surface area (Å²) in [6, 6.07) is 28.4. The highest BCUT2D eigenvalue weighted by Crippen LogP contribution is 2.77. The molecule has 1 saturated carbocycles. The largest absolute Gasteiger partial charge is 0.248 e. The molecule has 1 heterocycles. The summed E-state index contributed by atoms with van der Waals surface area (Å²) in [6.45, 7) is 0. The van der Waals surface area contributed by atoms with E-state index in [-0.39, 0.29) is 17.4 Å². The molecule has 4 aromatic rings. The van der Waals surface area contributed by atoms with Crippen molar-refractivity contribution in [2.24, 2.45) is 0 Å². The summed E-state index contributed by atoms with van der Waals surface area (Å²) in [6.07, 6.45) is 7.06. The van der Waals surface area contributed by atoms with Crippen LogP contribution in [0.1, 0.15) is 67.4 Å². The van der Waals surface area contributed by atoms with Crippen molar-refractivity contribution in [2.45, 2.75) is 62.3 Å². The van der Waals surface area contributed by atoms with Crippen molar-refractivity contribution in [3.05, 3.63) is 131 Å². The Kier molecular flexibility index (Phi) is 8.87. The topological polar surface area (TPSA) is 3.24 Å². The molecular weight excluding hydrogens is 560 g/mol. The van der Waals surface area contributed by atoms with Gasteiger partial charge in [-0.25, -0.2) is 22.0 Å². The van der Waals surface area contributed by atoms with Crippen LogP contribution in [0, 0.1) is 23.3 Å². The molecule has 0 N–H and O–H groups in total. The molecule has 1 aliphatic heterocycles. The third kappa shape index (κ3) is 6.00. The molecule has 0 bridgehead atoms. The molecule has 0 aromatic heterocycles. The van der Waals surface area contributed by atoms with Crippen LogP contribution < -0.4 is 10.6 Å². The molecular formula is C34H33F4NP2. The van der Waals surface area contributed by atoms with E-state index < -0.39 is 39.4 Å². The lowest BCUT2D eigenvalue weighted by molar-refractivity contribution is 0.351. The van der Waals surface area contributed by atoms with Crippen molar-refractivity contribution >= 4 is 26.8 Å². The van der Waals surface area contributed by atoms with Gasteiger partial charge in [0, 0.05) is 48.2 Å². The Labute approximate surface area is 242 Å². The quantitative estimate of drug-likeness (QED) is 0.152. The molecule has 2 unspecified atom stereocenters. The molecule has 1 saturated heterocycles. The number of halogens is 4. The van der Waals surface area contributed by atoms with Crippen molar-refractivity contribution in [3.63, 3.8) is 0 Å². The minimum Gasteiger partial charge on any atom is -0.248 e. The first-order chi connectivity index (χ1) is 20.0. The maximum atomic E-state index is 15.8. The van der Waals surface area contributed by atoms with Crippen LogP contribution in [-0.4, -0.2) is 10.5 Å². The Morgan fingerprint density at radius 2 is 1.02 bits per heavy atom. The van der Waals surface area contributed by atoms with Crippen molar-refractivity contribution in [3.8, 4) is 0 Å². The van der Waals surface area contributed by atoms with Crippen molar-refractivity contribution in [1.82, 2.24) is 4.44 Å². The van der Waals surface area contributed by atoms with Crippen molar-refractivity contribution < 1.29 is 17.6 Å². The molecule has 6 rings (SSSR count). The molecule has 1 aliphatic carbocycles. The van der Waals surface area contributed by atoms with Crippen LogP contribution >= 0.6 is 16.1 Å². The van der Waals surface area contributed by atoms with Gasteiger partial charge in [0.25, 0.3) is 0 Å². The highest BCUT2D eigenvalue weighted by molar-refractivity contribution is 7.79. The van der Waals surface area contributed by atoms with Gasteiger partial charge in [0.05, 0.1) is 0 Å². The summed E-state index contributed by atoms with van der Waals surface area (Å²) in [5.41, 5.74) is 2.89. The smallest absolute Gasteiger partial charge is 0.135 e. The summed E-state index contributed by atoms with van der Waals surface area (Å²) in [5, 5.41) is 0.594. The maximum Gasteiger partial charge on any atom is 0.135 e. The van der Waals surface area contributed by atoms with Crippen LogP contribution in [0.5, 0.6) is 0 Å². The normalized spacial score (nSPS) is 21.6. The number of rotatable bonds is 7. The molecule has 2 fully saturated rings. The van der Waals surface area contributed by atoms with Crippen LogP contribution in [0.25, 0.3) is 0 Å². The lowest BCUT2D eigenvalue weighted by Gasteiger charge is -2.48. The van der Waals surface area contributed by atoms with E-state index >= 15 is 8.78 Å². The van der Waals surface area contributed by atoms with Gasteiger partial charge in [-0.2, -0.15) is 0 Å². The van der Waals surface area contributed by atoms with Crippen LogP contribution in [0.15, 0.2) is 97.1 Å². The van der Waals surface area contributed by atoms with Gasteiger partial charge >= 0.3 is 0 Å². The lowest BCUT2D eigenvalue weighted by Crippen LogP contribution is -2.37. The van der Waals surface area contributed by atoms with Gasteiger partial charge in [-0.05, 0) is 69.1 Å². The Balaban J connectivity index is 1.59. The average Bonchev–Trinajstić information content (AvgIpc) is 3.43. The summed E-state index contributed by atoms with van der Waals surface area (Å²) < 4.78 is 62.5. The number of hydrogen-bond acceptors (Lipinski definition) is 1. The SMILES string of the molecule is Fc1ccc(P(c2ccc(F)cc2F)N(C2CCCCC2)P2C(c3ccccc3)CC[C@H]2c2ccccc2)c(F)c1. The Hall–Kier alpha value is -2.58. The highest BCUT2D eigenvalue weighted by atomic mass is 31.2. The van der Waals surface area contributed by atoms with Gasteiger partial charge in [-0.1, -0.05) is 79.9 Å². The third-order valence-corrected chi connectivity index (χ3v) is 15.1. The van der Waals surface area contributed by atoms with Gasteiger partial charge in [0.15, 0.2) is 0 Å². The lowest BCUT2D eigenvalue weighted by atomic mass is 9.96. The maximum absolute atomic E-state index is 15.8. The monoisotopic (exact) mass is 593 g/mol. The van der Waals surface area contributed by atoms with Gasteiger partial charge < -0.3 is 0 Å². The zero-order chi connectivity index (χ0) is 28.3. The predicted octanol–water partition coefficient (Wildman–Crippen LogP) is 9.90. The molecule has 7 heteroatoms. The second-order valence-corrected chi connectivity index (χ2v) is 15.7. The summed E-state index contributed by atoms with van der Waals surface area (Å²) in [5.74, 6) is -2.69. The third-order valence-electron chi connectivity index (χ3n) is 8.34. The Bertz CT molecular complexity index is 1360. The molecule has 0 spiro atoms. The van der Waals surface area contributed by atoms with E-state index in [0.29, 0.717) is 10.6 Å². The fourth-order valence-corrected chi connectivity index (χ4v) is 14.3. The number of nitrogens with zero attached hydrogens (tertiary/aromatic N) is 1. The molecule has 0 amide bonds. The molecule has 4 aromatic carbocycles. The fraction of sp³-hybridized carbons (Fsp3) is 0.294. The van der Waals surface area contributed by atoms with Gasteiger partial charge in [0.2, 0.25) is 0 Å². The summed E-state index contributed by atoms with van der Waals surface area (Å²) >= 11 is 0. The van der Waals surface area contributed by atoms with E-state index in [2.05, 4.69) is 53.0 Å². The second kappa shape index (κ2) is 12.7. The molecule has 1 nitrogen and oxygen atoms in total. The van der Waals surface area contributed by atoms with E-state index in [1.807, 2.05) is 12.1 Å². The van der Waals surface area contributed by atoms with Gasteiger partial charge in [-0.3, -0.25) is 0 Å². The predicted molar refractivity (Wildman–Crippen MR) is 162 cm³/mol. The first-order valence-corrected chi connectivity index (χ1v) is 17.1. The zero-order valence-corrected chi connectivity index (χ0v) is 24.6. The van der Waals surface area contributed by atoms with E-state index in [1.54, 1.807) is 0 Å². The van der Waals surface area contributed by atoms with Crippen LogP contribution in [0.3, 0.4) is 0 Å². The van der Waals surface area contributed by atoms with E-state index in [4.69, 9.17) is 0 Å². The van der Waals surface area contributed by atoms with E-state index in [1.165, 1.54) is 35.4 Å². The minimum absolute atomic E-state index is 0.116. The van der Waals surface area contributed by atoms with E-state index in [0.717, 1.165) is 57.1 Å². The summed E-state index contributed by atoms with van der Waals surface area (Å²) in [4.78, 5) is 0. The van der Waals surface area contributed by atoms with Crippen molar-refractivity contribution in [1.29, 1.82) is 0 Å². The molecule has 3 atom stereocenters. The minimum atomic E-state index is -1.77. The number of hydrogen-bond donors (Lipinski definition) is 0. The molecule has 41 heavy (non-hydrogen) atoms. The Morgan fingerprint density at radius 3 is 1.46 bits per heavy atom. The van der Waals surface area contributed by atoms with Crippen LogP contribution in [0.4, 0.5) is 17.6 Å². The highest BCUT2D eigenvalue weighted by Gasteiger charge is 2.47. The van der Waals surface area contributed by atoms with Gasteiger partial charge in [0.1, 0.15) is 23.3 Å². The first-order valence-electron chi connectivity index (χ1n) is 14.4. The molecule has 212 valence electrons. The van der Waals surface area contributed by atoms with Crippen LogP contribution in [0.2, 0.25) is 0 Å². The zero-order valence-electron chi connectivity index (χ0n) is 22.8. The number of benzene rings is 4. The average molecular weight is 594 g/mol. The van der Waals surface area contributed by atoms with Crippen LogP contribution in [-0.2, 0) is 0 Å².